The zero-order chi connectivity index (χ0) is 28.1. The van der Waals surface area contributed by atoms with Crippen LogP contribution in [0.25, 0.3) is 11.0 Å². The molecule has 0 bridgehead atoms. The second kappa shape index (κ2) is 10.3. The smallest absolute Gasteiger partial charge is 0.257 e. The van der Waals surface area contributed by atoms with Crippen LogP contribution in [0.15, 0.2) is 65.6 Å². The number of nitrogens with zero attached hydrogens (tertiary/aromatic N) is 5. The van der Waals surface area contributed by atoms with Crippen molar-refractivity contribution in [2.75, 3.05) is 37.8 Å². The molecular weight excluding hydrogens is 514 g/mol. The molecule has 210 valence electrons. The molecule has 4 heterocycles. The Morgan fingerprint density at radius 3 is 2.51 bits per heavy atom. The molecule has 9 nitrogen and oxygen atoms in total. The summed E-state index contributed by atoms with van der Waals surface area (Å²) < 4.78 is 1.72. The number of piperidine rings is 1. The van der Waals surface area contributed by atoms with Crippen molar-refractivity contribution in [2.45, 2.75) is 50.2 Å². The Bertz CT molecular complexity index is 1680. The molecule has 9 heteroatoms. The third kappa shape index (κ3) is 4.95. The zero-order valence-corrected chi connectivity index (χ0v) is 23.5. The third-order valence-corrected chi connectivity index (χ3v) is 8.67. The summed E-state index contributed by atoms with van der Waals surface area (Å²) in [6.45, 7) is 2.20. The van der Waals surface area contributed by atoms with E-state index in [0.29, 0.717) is 29.6 Å². The lowest BCUT2D eigenvalue weighted by Crippen LogP contribution is -2.44. The molecule has 4 aromatic rings. The Morgan fingerprint density at radius 1 is 0.951 bits per heavy atom. The molecule has 2 aliphatic heterocycles. The first-order valence-corrected chi connectivity index (χ1v) is 14.5. The highest BCUT2D eigenvalue weighted by Crippen LogP contribution is 2.40. The minimum atomic E-state index is -0.474. The van der Waals surface area contributed by atoms with Gasteiger partial charge in [-0.05, 0) is 87.2 Å². The van der Waals surface area contributed by atoms with Gasteiger partial charge in [0.1, 0.15) is 11.8 Å². The second-order valence-electron chi connectivity index (χ2n) is 11.7. The summed E-state index contributed by atoms with van der Waals surface area (Å²) in [5.74, 6) is 0.577. The van der Waals surface area contributed by atoms with Crippen LogP contribution in [-0.2, 0) is 6.42 Å². The van der Waals surface area contributed by atoms with Crippen molar-refractivity contribution in [2.24, 2.45) is 0 Å². The molecule has 0 radical (unpaired) electrons. The fraction of sp³-hybridized carbons (Fsp3) is 0.375. The molecule has 2 N–H and O–H groups in total. The number of hydrogen-bond acceptors (Lipinski definition) is 7. The summed E-state index contributed by atoms with van der Waals surface area (Å²) in [6.07, 6.45) is 6.24. The topological polar surface area (TPSA) is 95.4 Å². The van der Waals surface area contributed by atoms with Crippen molar-refractivity contribution in [3.05, 3.63) is 87.8 Å². The van der Waals surface area contributed by atoms with Crippen LogP contribution < -0.4 is 16.2 Å². The minimum absolute atomic E-state index is 0.0718. The summed E-state index contributed by atoms with van der Waals surface area (Å²) in [5.41, 5.74) is 4.82. The number of aromatic nitrogens is 3. The molecule has 7 rings (SSSR count). The molecule has 2 aromatic heterocycles. The number of carbonyl (C=O) groups excluding carboxylic acids is 1. The van der Waals surface area contributed by atoms with E-state index < -0.39 is 6.17 Å². The monoisotopic (exact) mass is 549 g/mol. The van der Waals surface area contributed by atoms with Gasteiger partial charge in [-0.3, -0.25) is 14.2 Å². The Kier molecular flexibility index (Phi) is 6.46. The lowest BCUT2D eigenvalue weighted by Gasteiger charge is -2.35. The molecule has 1 saturated carbocycles. The van der Waals surface area contributed by atoms with E-state index in [1.165, 1.54) is 12.8 Å². The second-order valence-corrected chi connectivity index (χ2v) is 11.7. The Labute approximate surface area is 239 Å². The third-order valence-electron chi connectivity index (χ3n) is 8.67. The number of hydrogen-bond donors (Lipinski definition) is 2. The van der Waals surface area contributed by atoms with Gasteiger partial charge in [-0.2, -0.15) is 4.98 Å². The molecule has 0 spiro atoms. The van der Waals surface area contributed by atoms with Gasteiger partial charge in [-0.25, -0.2) is 4.98 Å². The van der Waals surface area contributed by atoms with Crippen LogP contribution in [0, 0.1) is 0 Å². The van der Waals surface area contributed by atoms with Crippen LogP contribution in [0.5, 0.6) is 0 Å². The maximum Gasteiger partial charge on any atom is 0.257 e. The van der Waals surface area contributed by atoms with E-state index in [4.69, 9.17) is 4.98 Å². The number of benzene rings is 2. The number of nitrogens with one attached hydrogen (secondary N) is 2. The molecule has 2 fully saturated rings. The number of pyridine rings is 1. The van der Waals surface area contributed by atoms with Crippen molar-refractivity contribution in [3.63, 3.8) is 0 Å². The van der Waals surface area contributed by atoms with E-state index in [0.717, 1.165) is 53.8 Å². The molecule has 1 saturated heterocycles. The summed E-state index contributed by atoms with van der Waals surface area (Å²) in [5, 5.41) is 7.75. The minimum Gasteiger partial charge on any atom is -0.381 e. The summed E-state index contributed by atoms with van der Waals surface area (Å²) in [6, 6.07) is 18.2. The van der Waals surface area contributed by atoms with Crippen LogP contribution in [0.1, 0.15) is 59.3 Å². The molecular formula is C32H35N7O2. The van der Waals surface area contributed by atoms with Gasteiger partial charge in [-0.15, -0.1) is 0 Å². The summed E-state index contributed by atoms with van der Waals surface area (Å²) in [7, 11) is 3.94. The van der Waals surface area contributed by atoms with E-state index in [1.807, 2.05) is 42.5 Å². The molecule has 2 atom stereocenters. The fourth-order valence-electron chi connectivity index (χ4n) is 6.29. The van der Waals surface area contributed by atoms with Crippen LogP contribution in [0.3, 0.4) is 0 Å². The highest BCUT2D eigenvalue weighted by atomic mass is 16.2. The fourth-order valence-corrected chi connectivity index (χ4v) is 6.29. The van der Waals surface area contributed by atoms with Crippen LogP contribution >= 0.6 is 0 Å². The van der Waals surface area contributed by atoms with Gasteiger partial charge in [0.15, 0.2) is 0 Å². The van der Waals surface area contributed by atoms with Gasteiger partial charge in [-0.1, -0.05) is 18.2 Å². The zero-order valence-electron chi connectivity index (χ0n) is 23.5. The maximum absolute atomic E-state index is 14.0. The molecule has 2 unspecified atom stereocenters. The lowest BCUT2D eigenvalue weighted by molar-refractivity contribution is 0.0629. The van der Waals surface area contributed by atoms with Crippen molar-refractivity contribution in [1.82, 2.24) is 24.3 Å². The van der Waals surface area contributed by atoms with Crippen molar-refractivity contribution >= 4 is 34.3 Å². The average molecular weight is 550 g/mol. The first-order valence-electron chi connectivity index (χ1n) is 14.5. The predicted octanol–water partition coefficient (Wildman–Crippen LogP) is 4.75. The standard InChI is InChI=1S/C32H35N7O2/c1-37-15-5-7-25(19-37)34-23-11-13-24(14-12-23)35-32-33-18-22-16-27(20-9-10-20)31(41)39(29(22)36-32)28-17-21-6-3-4-8-26(21)30(40)38(28)2/h3-4,6,8,11-14,16,18,20,25,28,34H,5,7,9-10,15,17,19H2,1-2H3,(H,33,35,36). The molecule has 41 heavy (non-hydrogen) atoms. The summed E-state index contributed by atoms with van der Waals surface area (Å²) in [4.78, 5) is 40.7. The quantitative estimate of drug-likeness (QED) is 0.359. The van der Waals surface area contributed by atoms with Gasteiger partial charge < -0.3 is 20.4 Å². The molecule has 2 aromatic carbocycles. The van der Waals surface area contributed by atoms with Gasteiger partial charge in [0, 0.05) is 60.1 Å². The van der Waals surface area contributed by atoms with Gasteiger partial charge in [0.05, 0.1) is 0 Å². The highest BCUT2D eigenvalue weighted by molar-refractivity contribution is 5.96. The molecule has 3 aliphatic rings. The van der Waals surface area contributed by atoms with Crippen LogP contribution in [0.2, 0.25) is 0 Å². The number of carbonyl (C=O) groups is 1. The number of rotatable bonds is 6. The van der Waals surface area contributed by atoms with Crippen molar-refractivity contribution in [3.8, 4) is 0 Å². The SMILES string of the molecule is CN1CCCC(Nc2ccc(Nc3ncc4cc(C5CC5)c(=O)n(C5Cc6ccccc6C(=O)N5C)c4n3)cc2)C1. The van der Waals surface area contributed by atoms with E-state index >= 15 is 0 Å². The van der Waals surface area contributed by atoms with E-state index in [1.54, 1.807) is 22.7 Å². The Hall–Kier alpha value is -4.24. The van der Waals surface area contributed by atoms with E-state index in [9.17, 15) is 9.59 Å². The van der Waals surface area contributed by atoms with Crippen LogP contribution in [0.4, 0.5) is 17.3 Å². The maximum atomic E-state index is 14.0. The van der Waals surface area contributed by atoms with Gasteiger partial charge in [0.2, 0.25) is 5.95 Å². The van der Waals surface area contributed by atoms with Crippen LogP contribution in [-0.4, -0.2) is 63.5 Å². The highest BCUT2D eigenvalue weighted by Gasteiger charge is 2.35. The largest absolute Gasteiger partial charge is 0.381 e. The Balaban J connectivity index is 1.21. The number of likely N-dealkylation sites (N-methyl/N-ethyl adjacent to an activating group) is 2. The van der Waals surface area contributed by atoms with Crippen molar-refractivity contribution < 1.29 is 4.79 Å². The number of fused-ring (bicyclic) bond motifs is 2. The summed E-state index contributed by atoms with van der Waals surface area (Å²) >= 11 is 0. The van der Waals surface area contributed by atoms with E-state index in [2.05, 4.69) is 39.7 Å². The Morgan fingerprint density at radius 2 is 1.73 bits per heavy atom. The van der Waals surface area contributed by atoms with Gasteiger partial charge >= 0.3 is 0 Å². The average Bonchev–Trinajstić information content (AvgIpc) is 3.82. The number of likely N-dealkylation sites (tertiary alicyclic amines) is 1. The predicted molar refractivity (Wildman–Crippen MR) is 161 cm³/mol. The number of amides is 1. The number of anilines is 3. The van der Waals surface area contributed by atoms with Gasteiger partial charge in [0.25, 0.3) is 11.5 Å². The molecule has 1 aliphatic carbocycles. The van der Waals surface area contributed by atoms with E-state index in [-0.39, 0.29) is 17.4 Å². The lowest BCUT2D eigenvalue weighted by atomic mass is 9.96. The molecule has 1 amide bonds. The normalized spacial score (nSPS) is 21.1. The first-order chi connectivity index (χ1) is 19.9. The van der Waals surface area contributed by atoms with Crippen molar-refractivity contribution in [1.29, 1.82) is 0 Å². The first kappa shape index (κ1) is 25.7.